The van der Waals surface area contributed by atoms with Gasteiger partial charge < -0.3 is 10.3 Å². The SMILES string of the molecule is CNCc1nc(-c2ccncc2)c(Br)[nH]1. The number of aromatic amines is 1. The molecule has 2 N–H and O–H groups in total. The fraction of sp³-hybridized carbons (Fsp3) is 0.200. The first kappa shape index (κ1) is 10.3. The molecule has 2 heterocycles. The van der Waals surface area contributed by atoms with E-state index < -0.39 is 0 Å². The van der Waals surface area contributed by atoms with E-state index in [1.165, 1.54) is 0 Å². The number of imidazole rings is 1. The van der Waals surface area contributed by atoms with Gasteiger partial charge in [0, 0.05) is 18.0 Å². The lowest BCUT2D eigenvalue weighted by Gasteiger charge is -1.95. The number of nitrogens with zero attached hydrogens (tertiary/aromatic N) is 2. The third-order valence-corrected chi connectivity index (χ3v) is 2.58. The van der Waals surface area contributed by atoms with Crippen LogP contribution < -0.4 is 5.32 Å². The van der Waals surface area contributed by atoms with Gasteiger partial charge in [0.05, 0.1) is 6.54 Å². The third-order valence-electron chi connectivity index (χ3n) is 2.01. The summed E-state index contributed by atoms with van der Waals surface area (Å²) in [5.74, 6) is 0.913. The summed E-state index contributed by atoms with van der Waals surface area (Å²) in [6.07, 6.45) is 3.52. The Morgan fingerprint density at radius 2 is 2.13 bits per heavy atom. The molecule has 0 atom stereocenters. The van der Waals surface area contributed by atoms with Crippen molar-refractivity contribution in [3.63, 3.8) is 0 Å². The molecule has 0 amide bonds. The van der Waals surface area contributed by atoms with Crippen LogP contribution in [0.25, 0.3) is 11.3 Å². The van der Waals surface area contributed by atoms with Gasteiger partial charge in [-0.25, -0.2) is 4.98 Å². The number of hydrogen-bond donors (Lipinski definition) is 2. The summed E-state index contributed by atoms with van der Waals surface area (Å²) >= 11 is 3.46. The van der Waals surface area contributed by atoms with Crippen molar-refractivity contribution in [1.29, 1.82) is 0 Å². The molecule has 0 saturated carbocycles. The molecule has 0 radical (unpaired) electrons. The molecule has 0 unspecified atom stereocenters. The van der Waals surface area contributed by atoms with Crippen molar-refractivity contribution in [3.8, 4) is 11.3 Å². The number of rotatable bonds is 3. The van der Waals surface area contributed by atoms with Gasteiger partial charge in [-0.15, -0.1) is 0 Å². The monoisotopic (exact) mass is 266 g/mol. The van der Waals surface area contributed by atoms with E-state index in [9.17, 15) is 0 Å². The normalized spacial score (nSPS) is 10.5. The summed E-state index contributed by atoms with van der Waals surface area (Å²) in [5, 5.41) is 3.05. The highest BCUT2D eigenvalue weighted by molar-refractivity contribution is 9.10. The number of pyridine rings is 1. The van der Waals surface area contributed by atoms with Crippen LogP contribution in [0.1, 0.15) is 5.82 Å². The van der Waals surface area contributed by atoms with Crippen molar-refractivity contribution >= 4 is 15.9 Å². The molecule has 78 valence electrons. The largest absolute Gasteiger partial charge is 0.335 e. The van der Waals surface area contributed by atoms with Gasteiger partial charge in [0.25, 0.3) is 0 Å². The van der Waals surface area contributed by atoms with Crippen LogP contribution in [-0.4, -0.2) is 22.0 Å². The van der Waals surface area contributed by atoms with E-state index in [4.69, 9.17) is 0 Å². The minimum Gasteiger partial charge on any atom is -0.335 e. The summed E-state index contributed by atoms with van der Waals surface area (Å²) < 4.78 is 0.902. The van der Waals surface area contributed by atoms with E-state index in [2.05, 4.69) is 36.2 Å². The minimum absolute atomic E-state index is 0.726. The molecule has 4 nitrogen and oxygen atoms in total. The van der Waals surface area contributed by atoms with E-state index in [1.54, 1.807) is 12.4 Å². The summed E-state index contributed by atoms with van der Waals surface area (Å²) in [4.78, 5) is 11.6. The molecule has 2 aromatic rings. The molecule has 0 bridgehead atoms. The second-order valence-corrected chi connectivity index (χ2v) is 3.91. The number of hydrogen-bond acceptors (Lipinski definition) is 3. The number of halogens is 1. The fourth-order valence-corrected chi connectivity index (χ4v) is 1.90. The molecule has 0 aliphatic rings. The lowest BCUT2D eigenvalue weighted by atomic mass is 10.2. The van der Waals surface area contributed by atoms with E-state index >= 15 is 0 Å². The average molecular weight is 267 g/mol. The van der Waals surface area contributed by atoms with E-state index in [1.807, 2.05) is 19.2 Å². The number of nitrogens with one attached hydrogen (secondary N) is 2. The van der Waals surface area contributed by atoms with Crippen molar-refractivity contribution in [2.45, 2.75) is 6.54 Å². The zero-order chi connectivity index (χ0) is 10.7. The fourth-order valence-electron chi connectivity index (χ4n) is 1.35. The van der Waals surface area contributed by atoms with E-state index in [0.29, 0.717) is 0 Å². The molecule has 0 fully saturated rings. The van der Waals surface area contributed by atoms with Gasteiger partial charge in [0.2, 0.25) is 0 Å². The Morgan fingerprint density at radius 1 is 1.40 bits per heavy atom. The minimum atomic E-state index is 0.726. The van der Waals surface area contributed by atoms with Crippen molar-refractivity contribution in [1.82, 2.24) is 20.3 Å². The molecule has 0 aromatic carbocycles. The highest BCUT2D eigenvalue weighted by Gasteiger charge is 2.08. The molecule has 5 heteroatoms. The van der Waals surface area contributed by atoms with Crippen LogP contribution in [0.2, 0.25) is 0 Å². The first-order valence-electron chi connectivity index (χ1n) is 4.60. The first-order chi connectivity index (χ1) is 7.31. The first-order valence-corrected chi connectivity index (χ1v) is 5.40. The molecule has 0 aliphatic heterocycles. The van der Waals surface area contributed by atoms with Crippen LogP contribution in [0.4, 0.5) is 0 Å². The predicted molar refractivity (Wildman–Crippen MR) is 62.3 cm³/mol. The van der Waals surface area contributed by atoms with Crippen molar-refractivity contribution in [2.24, 2.45) is 0 Å². The van der Waals surface area contributed by atoms with Gasteiger partial charge in [0.1, 0.15) is 16.1 Å². The lowest BCUT2D eigenvalue weighted by Crippen LogP contribution is -2.06. The zero-order valence-electron chi connectivity index (χ0n) is 8.29. The molecular formula is C10H11BrN4. The van der Waals surface area contributed by atoms with Crippen molar-refractivity contribution in [2.75, 3.05) is 7.05 Å². The maximum absolute atomic E-state index is 4.48. The van der Waals surface area contributed by atoms with Gasteiger partial charge in [-0.05, 0) is 35.1 Å². The highest BCUT2D eigenvalue weighted by atomic mass is 79.9. The average Bonchev–Trinajstić information content (AvgIpc) is 2.61. The van der Waals surface area contributed by atoms with E-state index in [0.717, 1.165) is 28.2 Å². The van der Waals surface area contributed by atoms with Gasteiger partial charge in [0.15, 0.2) is 0 Å². The Morgan fingerprint density at radius 3 is 2.80 bits per heavy atom. The maximum atomic E-state index is 4.48. The third kappa shape index (κ3) is 2.24. The van der Waals surface area contributed by atoms with Crippen LogP contribution in [0.3, 0.4) is 0 Å². The van der Waals surface area contributed by atoms with Crippen LogP contribution in [0.5, 0.6) is 0 Å². The molecule has 0 aliphatic carbocycles. The lowest BCUT2D eigenvalue weighted by molar-refractivity contribution is 0.771. The smallest absolute Gasteiger partial charge is 0.121 e. The molecular weight excluding hydrogens is 256 g/mol. The number of aromatic nitrogens is 3. The molecule has 2 rings (SSSR count). The van der Waals surface area contributed by atoms with Gasteiger partial charge >= 0.3 is 0 Å². The van der Waals surface area contributed by atoms with Crippen LogP contribution in [-0.2, 0) is 6.54 Å². The van der Waals surface area contributed by atoms with Gasteiger partial charge in [-0.3, -0.25) is 4.98 Å². The molecule has 0 spiro atoms. The maximum Gasteiger partial charge on any atom is 0.121 e. The van der Waals surface area contributed by atoms with Crippen LogP contribution in [0.15, 0.2) is 29.1 Å². The predicted octanol–water partition coefficient (Wildman–Crippen LogP) is 1.95. The summed E-state index contributed by atoms with van der Waals surface area (Å²) in [6.45, 7) is 0.726. The molecule has 15 heavy (non-hydrogen) atoms. The topological polar surface area (TPSA) is 53.6 Å². The molecule has 2 aromatic heterocycles. The van der Waals surface area contributed by atoms with Gasteiger partial charge in [-0.1, -0.05) is 0 Å². The van der Waals surface area contributed by atoms with Crippen LogP contribution >= 0.6 is 15.9 Å². The highest BCUT2D eigenvalue weighted by Crippen LogP contribution is 2.24. The summed E-state index contributed by atoms with van der Waals surface area (Å²) in [6, 6.07) is 3.87. The Bertz CT molecular complexity index is 438. The zero-order valence-corrected chi connectivity index (χ0v) is 9.87. The number of H-pyrrole nitrogens is 1. The summed E-state index contributed by atoms with van der Waals surface area (Å²) in [5.41, 5.74) is 1.97. The van der Waals surface area contributed by atoms with Gasteiger partial charge in [-0.2, -0.15) is 0 Å². The molecule has 0 saturated heterocycles. The Labute approximate surface area is 96.3 Å². The second kappa shape index (κ2) is 4.55. The Balaban J connectivity index is 2.36. The second-order valence-electron chi connectivity index (χ2n) is 3.11. The van der Waals surface area contributed by atoms with Crippen molar-refractivity contribution < 1.29 is 0 Å². The quantitative estimate of drug-likeness (QED) is 0.893. The van der Waals surface area contributed by atoms with E-state index in [-0.39, 0.29) is 0 Å². The van der Waals surface area contributed by atoms with Crippen molar-refractivity contribution in [3.05, 3.63) is 35.0 Å². The summed E-state index contributed by atoms with van der Waals surface area (Å²) in [7, 11) is 1.89. The Hall–Kier alpha value is -1.20. The Kier molecular flexibility index (Phi) is 3.13. The van der Waals surface area contributed by atoms with Crippen LogP contribution in [0, 0.1) is 0 Å². The standard InChI is InChI=1S/C10H11BrN4/c1-12-6-8-14-9(10(11)15-8)7-2-4-13-5-3-7/h2-5,12H,6H2,1H3,(H,14,15).